The standard InChI is InChI=1S/C12H23N5O2S/c1-9-12(10(2)15-14-9)20(18,19)13-7-11-8-16(3)5-6-17(11)4/h11,13H,5-8H2,1-4H3,(H,14,15). The van der Waals surface area contributed by atoms with Crippen LogP contribution in [0.2, 0.25) is 0 Å². The molecule has 8 heteroatoms. The maximum atomic E-state index is 12.4. The Balaban J connectivity index is 2.06. The molecule has 1 aliphatic rings. The molecule has 0 radical (unpaired) electrons. The van der Waals surface area contributed by atoms with E-state index < -0.39 is 10.0 Å². The van der Waals surface area contributed by atoms with Gasteiger partial charge < -0.3 is 4.90 Å². The molecule has 2 rings (SSSR count). The lowest BCUT2D eigenvalue weighted by Gasteiger charge is -2.37. The summed E-state index contributed by atoms with van der Waals surface area (Å²) < 4.78 is 27.4. The Morgan fingerprint density at radius 3 is 2.65 bits per heavy atom. The van der Waals surface area contributed by atoms with Gasteiger partial charge in [0, 0.05) is 32.2 Å². The SMILES string of the molecule is Cc1n[nH]c(C)c1S(=O)(=O)NCC1CN(C)CCN1C. The van der Waals surface area contributed by atoms with E-state index in [2.05, 4.69) is 31.8 Å². The molecule has 0 spiro atoms. The Kier molecular flexibility index (Phi) is 4.48. The number of rotatable bonds is 4. The van der Waals surface area contributed by atoms with Gasteiger partial charge in [0.2, 0.25) is 10.0 Å². The second-order valence-electron chi connectivity index (χ2n) is 5.51. The zero-order chi connectivity index (χ0) is 14.9. The van der Waals surface area contributed by atoms with E-state index in [0.29, 0.717) is 17.9 Å². The molecule has 7 nitrogen and oxygen atoms in total. The van der Waals surface area contributed by atoms with Gasteiger partial charge in [0.1, 0.15) is 4.90 Å². The molecular weight excluding hydrogens is 278 g/mol. The summed E-state index contributed by atoms with van der Waals surface area (Å²) in [5.41, 5.74) is 1.08. The third-order valence-corrected chi connectivity index (χ3v) is 5.50. The van der Waals surface area contributed by atoms with E-state index >= 15 is 0 Å². The van der Waals surface area contributed by atoms with Crippen LogP contribution in [-0.2, 0) is 10.0 Å². The number of aromatic nitrogens is 2. The molecular formula is C12H23N5O2S. The molecule has 20 heavy (non-hydrogen) atoms. The number of hydrogen-bond donors (Lipinski definition) is 2. The van der Waals surface area contributed by atoms with Crippen molar-refractivity contribution in [1.82, 2.24) is 24.7 Å². The molecule has 0 aromatic carbocycles. The molecule has 1 saturated heterocycles. The van der Waals surface area contributed by atoms with E-state index in [1.165, 1.54) is 0 Å². The van der Waals surface area contributed by atoms with E-state index in [-0.39, 0.29) is 10.9 Å². The van der Waals surface area contributed by atoms with Crippen molar-refractivity contribution in [1.29, 1.82) is 0 Å². The molecule has 1 fully saturated rings. The highest BCUT2D eigenvalue weighted by Crippen LogP contribution is 2.16. The van der Waals surface area contributed by atoms with Crippen molar-refractivity contribution >= 4 is 10.0 Å². The molecule has 0 saturated carbocycles. The Labute approximate surface area is 120 Å². The molecule has 1 unspecified atom stereocenters. The van der Waals surface area contributed by atoms with Crippen LogP contribution in [0.5, 0.6) is 0 Å². The van der Waals surface area contributed by atoms with Crippen molar-refractivity contribution in [2.45, 2.75) is 24.8 Å². The minimum Gasteiger partial charge on any atom is -0.303 e. The number of aromatic amines is 1. The van der Waals surface area contributed by atoms with Crippen molar-refractivity contribution in [3.05, 3.63) is 11.4 Å². The van der Waals surface area contributed by atoms with Gasteiger partial charge >= 0.3 is 0 Å². The molecule has 114 valence electrons. The van der Waals surface area contributed by atoms with Gasteiger partial charge in [-0.1, -0.05) is 0 Å². The largest absolute Gasteiger partial charge is 0.303 e. The lowest BCUT2D eigenvalue weighted by atomic mass is 10.2. The van der Waals surface area contributed by atoms with Crippen LogP contribution in [0.3, 0.4) is 0 Å². The van der Waals surface area contributed by atoms with E-state index in [0.717, 1.165) is 19.6 Å². The molecule has 1 aromatic heterocycles. The number of likely N-dealkylation sites (N-methyl/N-ethyl adjacent to an activating group) is 2. The van der Waals surface area contributed by atoms with E-state index in [1.807, 2.05) is 7.05 Å². The van der Waals surface area contributed by atoms with Gasteiger partial charge in [0.15, 0.2) is 0 Å². The maximum absolute atomic E-state index is 12.4. The fourth-order valence-electron chi connectivity index (χ4n) is 2.54. The average Bonchev–Trinajstić information content (AvgIpc) is 2.71. The predicted molar refractivity (Wildman–Crippen MR) is 77.2 cm³/mol. The highest BCUT2D eigenvalue weighted by atomic mass is 32.2. The molecule has 0 aliphatic carbocycles. The monoisotopic (exact) mass is 301 g/mol. The summed E-state index contributed by atoms with van der Waals surface area (Å²) in [5, 5.41) is 6.65. The summed E-state index contributed by atoms with van der Waals surface area (Å²) in [5.74, 6) is 0. The van der Waals surface area contributed by atoms with Crippen LogP contribution in [0.25, 0.3) is 0 Å². The molecule has 1 aliphatic heterocycles. The van der Waals surface area contributed by atoms with Crippen LogP contribution in [0, 0.1) is 13.8 Å². The first-order chi connectivity index (χ1) is 9.31. The normalized spacial score (nSPS) is 22.3. The fourth-order valence-corrected chi connectivity index (χ4v) is 3.98. The summed E-state index contributed by atoms with van der Waals surface area (Å²) in [6, 6.07) is 0.191. The zero-order valence-electron chi connectivity index (χ0n) is 12.5. The Morgan fingerprint density at radius 1 is 1.35 bits per heavy atom. The Morgan fingerprint density at radius 2 is 2.05 bits per heavy atom. The molecule has 2 heterocycles. The first-order valence-corrected chi connectivity index (χ1v) is 8.19. The second kappa shape index (κ2) is 5.80. The van der Waals surface area contributed by atoms with Gasteiger partial charge in [-0.3, -0.25) is 10.00 Å². The number of nitrogens with one attached hydrogen (secondary N) is 2. The Hall–Kier alpha value is -0.960. The number of piperazine rings is 1. The quantitative estimate of drug-likeness (QED) is 0.787. The number of nitrogens with zero attached hydrogens (tertiary/aromatic N) is 3. The molecule has 2 N–H and O–H groups in total. The van der Waals surface area contributed by atoms with Gasteiger partial charge in [-0.15, -0.1) is 0 Å². The minimum absolute atomic E-state index is 0.191. The third kappa shape index (κ3) is 3.20. The zero-order valence-corrected chi connectivity index (χ0v) is 13.3. The highest BCUT2D eigenvalue weighted by molar-refractivity contribution is 7.89. The van der Waals surface area contributed by atoms with Gasteiger partial charge in [0.25, 0.3) is 0 Å². The van der Waals surface area contributed by atoms with Crippen LogP contribution >= 0.6 is 0 Å². The van der Waals surface area contributed by atoms with E-state index in [1.54, 1.807) is 13.8 Å². The van der Waals surface area contributed by atoms with Crippen LogP contribution in [0.1, 0.15) is 11.4 Å². The van der Waals surface area contributed by atoms with Crippen molar-refractivity contribution in [2.75, 3.05) is 40.3 Å². The molecule has 0 amide bonds. The molecule has 0 bridgehead atoms. The maximum Gasteiger partial charge on any atom is 0.244 e. The van der Waals surface area contributed by atoms with Gasteiger partial charge in [0.05, 0.1) is 11.4 Å². The number of sulfonamides is 1. The summed E-state index contributed by atoms with van der Waals surface area (Å²) in [6.07, 6.45) is 0. The molecule has 1 aromatic rings. The molecule has 1 atom stereocenters. The summed E-state index contributed by atoms with van der Waals surface area (Å²) in [7, 11) is 0.575. The van der Waals surface area contributed by atoms with Crippen molar-refractivity contribution in [3.8, 4) is 0 Å². The number of hydrogen-bond acceptors (Lipinski definition) is 5. The first kappa shape index (κ1) is 15.4. The highest BCUT2D eigenvalue weighted by Gasteiger charge is 2.26. The number of H-pyrrole nitrogens is 1. The lowest BCUT2D eigenvalue weighted by Crippen LogP contribution is -2.54. The second-order valence-corrected chi connectivity index (χ2v) is 7.22. The van der Waals surface area contributed by atoms with Crippen LogP contribution < -0.4 is 4.72 Å². The Bertz CT molecular complexity index is 549. The van der Waals surface area contributed by atoms with Gasteiger partial charge in [-0.05, 0) is 27.9 Å². The lowest BCUT2D eigenvalue weighted by molar-refractivity contribution is 0.117. The van der Waals surface area contributed by atoms with Crippen molar-refractivity contribution in [3.63, 3.8) is 0 Å². The fraction of sp³-hybridized carbons (Fsp3) is 0.750. The third-order valence-electron chi connectivity index (χ3n) is 3.82. The predicted octanol–water partition coefficient (Wildman–Crippen LogP) is -0.449. The van der Waals surface area contributed by atoms with Crippen LogP contribution in [-0.4, -0.2) is 74.7 Å². The van der Waals surface area contributed by atoms with Crippen LogP contribution in [0.15, 0.2) is 4.90 Å². The van der Waals surface area contributed by atoms with E-state index in [9.17, 15) is 8.42 Å². The van der Waals surface area contributed by atoms with Gasteiger partial charge in [-0.25, -0.2) is 13.1 Å². The van der Waals surface area contributed by atoms with Crippen molar-refractivity contribution < 1.29 is 8.42 Å². The first-order valence-electron chi connectivity index (χ1n) is 6.71. The van der Waals surface area contributed by atoms with E-state index in [4.69, 9.17) is 0 Å². The average molecular weight is 301 g/mol. The smallest absolute Gasteiger partial charge is 0.244 e. The summed E-state index contributed by atoms with van der Waals surface area (Å²) >= 11 is 0. The number of aryl methyl sites for hydroxylation is 2. The minimum atomic E-state index is -3.51. The summed E-state index contributed by atoms with van der Waals surface area (Å²) in [6.45, 7) is 6.65. The topological polar surface area (TPSA) is 81.3 Å². The summed E-state index contributed by atoms with van der Waals surface area (Å²) in [4.78, 5) is 4.68. The van der Waals surface area contributed by atoms with Crippen molar-refractivity contribution in [2.24, 2.45) is 0 Å². The van der Waals surface area contributed by atoms with Crippen LogP contribution in [0.4, 0.5) is 0 Å². The van der Waals surface area contributed by atoms with Gasteiger partial charge in [-0.2, -0.15) is 5.10 Å².